The van der Waals surface area contributed by atoms with Gasteiger partial charge in [0, 0.05) is 30.9 Å². The van der Waals surface area contributed by atoms with E-state index in [4.69, 9.17) is 0 Å². The SMILES string of the molecule is O=C(CN1CCCC1CN1CCCC1)Nc1ccc(-n2ccccc2=O)cc1F. The zero-order valence-electron chi connectivity index (χ0n) is 16.5. The average Bonchev–Trinajstić information content (AvgIpc) is 3.37. The number of nitrogens with zero attached hydrogens (tertiary/aromatic N) is 3. The van der Waals surface area contributed by atoms with Gasteiger partial charge < -0.3 is 10.2 Å². The van der Waals surface area contributed by atoms with Gasteiger partial charge in [0.05, 0.1) is 17.9 Å². The number of halogens is 1. The van der Waals surface area contributed by atoms with Crippen molar-refractivity contribution in [3.05, 3.63) is 58.8 Å². The summed E-state index contributed by atoms with van der Waals surface area (Å²) in [4.78, 5) is 29.1. The fraction of sp³-hybridized carbons (Fsp3) is 0.455. The number of nitrogens with one attached hydrogen (secondary N) is 1. The molecule has 7 heteroatoms. The molecule has 2 aliphatic rings. The van der Waals surface area contributed by atoms with Crippen molar-refractivity contribution in [1.29, 1.82) is 0 Å². The second-order valence-electron chi connectivity index (χ2n) is 7.90. The summed E-state index contributed by atoms with van der Waals surface area (Å²) < 4.78 is 15.9. The van der Waals surface area contributed by atoms with Crippen molar-refractivity contribution in [3.63, 3.8) is 0 Å². The van der Waals surface area contributed by atoms with Crippen LogP contribution in [-0.2, 0) is 4.79 Å². The van der Waals surface area contributed by atoms with Gasteiger partial charge in [0.1, 0.15) is 5.82 Å². The molecule has 0 bridgehead atoms. The highest BCUT2D eigenvalue weighted by atomic mass is 19.1. The zero-order valence-corrected chi connectivity index (χ0v) is 16.5. The number of benzene rings is 1. The number of likely N-dealkylation sites (tertiary alicyclic amines) is 2. The van der Waals surface area contributed by atoms with E-state index in [2.05, 4.69) is 15.1 Å². The van der Waals surface area contributed by atoms with Crippen molar-refractivity contribution in [2.75, 3.05) is 38.0 Å². The molecule has 0 saturated carbocycles. The third kappa shape index (κ3) is 4.74. The molecule has 2 fully saturated rings. The molecule has 4 rings (SSSR count). The summed E-state index contributed by atoms with van der Waals surface area (Å²) in [5.74, 6) is -0.761. The van der Waals surface area contributed by atoms with Crippen LogP contribution in [0.3, 0.4) is 0 Å². The summed E-state index contributed by atoms with van der Waals surface area (Å²) in [6.45, 7) is 4.50. The molecule has 29 heavy (non-hydrogen) atoms. The van der Waals surface area contributed by atoms with E-state index in [9.17, 15) is 14.0 Å². The standard InChI is InChI=1S/C22H27FN4O2/c23-19-14-17(27-13-2-1-7-22(27)29)8-9-20(19)24-21(28)16-26-12-5-6-18(26)15-25-10-3-4-11-25/h1-2,7-9,13-14,18H,3-6,10-12,15-16H2,(H,24,28). The Morgan fingerprint density at radius 1 is 1.10 bits per heavy atom. The lowest BCUT2D eigenvalue weighted by molar-refractivity contribution is -0.117. The molecule has 0 spiro atoms. The van der Waals surface area contributed by atoms with Crippen molar-refractivity contribution in [1.82, 2.24) is 14.4 Å². The Hall–Kier alpha value is -2.51. The number of aromatic nitrogens is 1. The quantitative estimate of drug-likeness (QED) is 0.812. The molecule has 1 aromatic carbocycles. The van der Waals surface area contributed by atoms with Gasteiger partial charge in [-0.15, -0.1) is 0 Å². The highest BCUT2D eigenvalue weighted by Crippen LogP contribution is 2.21. The Morgan fingerprint density at radius 2 is 1.93 bits per heavy atom. The number of hydrogen-bond donors (Lipinski definition) is 1. The summed E-state index contributed by atoms with van der Waals surface area (Å²) in [7, 11) is 0. The third-order valence-electron chi connectivity index (χ3n) is 5.84. The molecule has 1 N–H and O–H groups in total. The van der Waals surface area contributed by atoms with Gasteiger partial charge in [0.15, 0.2) is 0 Å². The minimum atomic E-state index is -0.554. The van der Waals surface area contributed by atoms with Gasteiger partial charge in [-0.3, -0.25) is 19.1 Å². The maximum Gasteiger partial charge on any atom is 0.255 e. The first-order valence-corrected chi connectivity index (χ1v) is 10.3. The largest absolute Gasteiger partial charge is 0.322 e. The fourth-order valence-electron chi connectivity index (χ4n) is 4.34. The van der Waals surface area contributed by atoms with E-state index < -0.39 is 5.82 Å². The molecule has 1 atom stereocenters. The van der Waals surface area contributed by atoms with Gasteiger partial charge in [0.2, 0.25) is 5.91 Å². The van der Waals surface area contributed by atoms with Gasteiger partial charge >= 0.3 is 0 Å². The van der Waals surface area contributed by atoms with Crippen molar-refractivity contribution in [2.24, 2.45) is 0 Å². The molecule has 6 nitrogen and oxygen atoms in total. The van der Waals surface area contributed by atoms with Crippen LogP contribution in [0.4, 0.5) is 10.1 Å². The number of carbonyl (C=O) groups is 1. The maximum atomic E-state index is 14.5. The molecule has 0 radical (unpaired) electrons. The van der Waals surface area contributed by atoms with Crippen LogP contribution in [0.1, 0.15) is 25.7 Å². The Kier molecular flexibility index (Phi) is 6.06. The minimum absolute atomic E-state index is 0.137. The molecule has 1 unspecified atom stereocenters. The number of pyridine rings is 1. The van der Waals surface area contributed by atoms with Crippen molar-refractivity contribution < 1.29 is 9.18 Å². The van der Waals surface area contributed by atoms with Gasteiger partial charge in [0.25, 0.3) is 5.56 Å². The predicted octanol–water partition coefficient (Wildman–Crippen LogP) is 2.48. The lowest BCUT2D eigenvalue weighted by atomic mass is 10.2. The molecular weight excluding hydrogens is 371 g/mol. The molecule has 1 amide bonds. The molecule has 2 aliphatic heterocycles. The van der Waals surface area contributed by atoms with Crippen molar-refractivity contribution in [2.45, 2.75) is 31.7 Å². The lowest BCUT2D eigenvalue weighted by Gasteiger charge is -2.27. The second-order valence-corrected chi connectivity index (χ2v) is 7.90. The topological polar surface area (TPSA) is 57.6 Å². The lowest BCUT2D eigenvalue weighted by Crippen LogP contribution is -2.42. The summed E-state index contributed by atoms with van der Waals surface area (Å²) in [5, 5.41) is 2.69. The van der Waals surface area contributed by atoms with E-state index in [1.807, 2.05) is 0 Å². The van der Waals surface area contributed by atoms with Crippen LogP contribution in [-0.4, -0.2) is 59.0 Å². The maximum absolute atomic E-state index is 14.5. The Labute approximate surface area is 169 Å². The van der Waals surface area contributed by atoms with E-state index in [1.54, 1.807) is 24.4 Å². The highest BCUT2D eigenvalue weighted by Gasteiger charge is 2.28. The van der Waals surface area contributed by atoms with E-state index in [0.29, 0.717) is 11.7 Å². The number of carbonyl (C=O) groups excluding carboxylic acids is 1. The molecule has 2 saturated heterocycles. The van der Waals surface area contributed by atoms with Gasteiger partial charge in [-0.05, 0) is 63.5 Å². The smallest absolute Gasteiger partial charge is 0.255 e. The fourth-order valence-corrected chi connectivity index (χ4v) is 4.34. The molecule has 3 heterocycles. The summed E-state index contributed by atoms with van der Waals surface area (Å²) in [6, 6.07) is 9.57. The molecule has 2 aromatic rings. The monoisotopic (exact) mass is 398 g/mol. The summed E-state index contributed by atoms with van der Waals surface area (Å²) in [5.41, 5.74) is 0.330. The third-order valence-corrected chi connectivity index (χ3v) is 5.84. The summed E-state index contributed by atoms with van der Waals surface area (Å²) >= 11 is 0. The van der Waals surface area contributed by atoms with E-state index in [0.717, 1.165) is 39.0 Å². The number of rotatable bonds is 6. The summed E-state index contributed by atoms with van der Waals surface area (Å²) in [6.07, 6.45) is 6.32. The number of hydrogen-bond acceptors (Lipinski definition) is 4. The van der Waals surface area contributed by atoms with Crippen LogP contribution in [0.5, 0.6) is 0 Å². The van der Waals surface area contributed by atoms with Crippen LogP contribution < -0.4 is 10.9 Å². The minimum Gasteiger partial charge on any atom is -0.322 e. The van der Waals surface area contributed by atoms with Gasteiger partial charge in [-0.1, -0.05) is 6.07 Å². The van der Waals surface area contributed by atoms with E-state index in [1.165, 1.54) is 35.6 Å². The normalized spacial score (nSPS) is 20.2. The van der Waals surface area contributed by atoms with Crippen LogP contribution in [0.2, 0.25) is 0 Å². The molecule has 0 aliphatic carbocycles. The Morgan fingerprint density at radius 3 is 2.69 bits per heavy atom. The van der Waals surface area contributed by atoms with Crippen LogP contribution in [0, 0.1) is 5.82 Å². The molecular formula is C22H27FN4O2. The van der Waals surface area contributed by atoms with Crippen LogP contribution in [0.15, 0.2) is 47.4 Å². The molecule has 154 valence electrons. The average molecular weight is 398 g/mol. The van der Waals surface area contributed by atoms with Gasteiger partial charge in [-0.25, -0.2) is 4.39 Å². The van der Waals surface area contributed by atoms with Crippen LogP contribution in [0.25, 0.3) is 5.69 Å². The first-order chi connectivity index (χ1) is 14.1. The first kappa shape index (κ1) is 19.8. The Balaban J connectivity index is 1.38. The highest BCUT2D eigenvalue weighted by molar-refractivity contribution is 5.92. The van der Waals surface area contributed by atoms with Crippen molar-refractivity contribution >= 4 is 11.6 Å². The second kappa shape index (κ2) is 8.88. The van der Waals surface area contributed by atoms with E-state index >= 15 is 0 Å². The van der Waals surface area contributed by atoms with Crippen molar-refractivity contribution in [3.8, 4) is 5.69 Å². The Bertz CT molecular complexity index is 923. The zero-order chi connectivity index (χ0) is 20.2. The number of anilines is 1. The van der Waals surface area contributed by atoms with Gasteiger partial charge in [-0.2, -0.15) is 0 Å². The van der Waals surface area contributed by atoms with E-state index in [-0.39, 0.29) is 23.7 Å². The van der Waals surface area contributed by atoms with Crippen LogP contribution >= 0.6 is 0 Å². The molecule has 1 aromatic heterocycles. The first-order valence-electron chi connectivity index (χ1n) is 10.3. The number of amides is 1. The predicted molar refractivity (Wildman–Crippen MR) is 111 cm³/mol.